The van der Waals surface area contributed by atoms with E-state index >= 15 is 0 Å². The molecular formula is C16H19N5O. The van der Waals surface area contributed by atoms with Gasteiger partial charge >= 0.3 is 0 Å². The molecule has 1 aliphatic rings. The number of rotatable bonds is 2. The molecule has 0 N–H and O–H groups in total. The monoisotopic (exact) mass is 297 g/mol. The molecule has 0 aromatic carbocycles. The number of hydrogen-bond donors (Lipinski definition) is 0. The molecule has 0 amide bonds. The lowest BCUT2D eigenvalue weighted by Gasteiger charge is -2.27. The standard InChI is InChI=1S/C16H19N5O/c1-11-6-9-22-13(11)16-19-12-14(20(16)2)17-10-18-15(12)21-7-4-3-5-8-21/h6,9-10H,3-5,7-8H2,1-2H3. The fraction of sp³-hybridized carbons (Fsp3) is 0.438. The third kappa shape index (κ3) is 1.98. The van der Waals surface area contributed by atoms with Crippen LogP contribution in [0.2, 0.25) is 0 Å². The largest absolute Gasteiger partial charge is 0.461 e. The van der Waals surface area contributed by atoms with Crippen molar-refractivity contribution in [1.29, 1.82) is 0 Å². The molecule has 4 heterocycles. The number of anilines is 1. The number of nitrogens with zero attached hydrogens (tertiary/aromatic N) is 5. The minimum absolute atomic E-state index is 0.796. The Morgan fingerprint density at radius 1 is 1.14 bits per heavy atom. The van der Waals surface area contributed by atoms with Crippen LogP contribution in [0.1, 0.15) is 24.8 Å². The predicted molar refractivity (Wildman–Crippen MR) is 84.8 cm³/mol. The maximum atomic E-state index is 5.60. The average Bonchev–Trinajstić information content (AvgIpc) is 3.12. The molecule has 1 saturated heterocycles. The van der Waals surface area contributed by atoms with Crippen LogP contribution in [0.4, 0.5) is 5.82 Å². The highest BCUT2D eigenvalue weighted by Gasteiger charge is 2.21. The maximum Gasteiger partial charge on any atom is 0.178 e. The Kier molecular flexibility index (Phi) is 3.10. The van der Waals surface area contributed by atoms with Crippen molar-refractivity contribution in [2.45, 2.75) is 26.2 Å². The molecule has 1 aliphatic heterocycles. The molecule has 3 aromatic rings. The second-order valence-electron chi connectivity index (χ2n) is 5.84. The molecule has 114 valence electrons. The topological polar surface area (TPSA) is 60.0 Å². The fourth-order valence-corrected chi connectivity index (χ4v) is 3.13. The zero-order chi connectivity index (χ0) is 15.1. The van der Waals surface area contributed by atoms with Gasteiger partial charge in [0.2, 0.25) is 0 Å². The van der Waals surface area contributed by atoms with Crippen molar-refractivity contribution in [2.75, 3.05) is 18.0 Å². The average molecular weight is 297 g/mol. The van der Waals surface area contributed by atoms with E-state index in [1.165, 1.54) is 19.3 Å². The van der Waals surface area contributed by atoms with Crippen molar-refractivity contribution in [3.8, 4) is 11.6 Å². The van der Waals surface area contributed by atoms with Crippen LogP contribution in [-0.4, -0.2) is 32.6 Å². The smallest absolute Gasteiger partial charge is 0.178 e. The van der Waals surface area contributed by atoms with Crippen LogP contribution in [0.25, 0.3) is 22.7 Å². The second-order valence-corrected chi connectivity index (χ2v) is 5.84. The Morgan fingerprint density at radius 3 is 2.68 bits per heavy atom. The number of aromatic nitrogens is 4. The first-order valence-corrected chi connectivity index (χ1v) is 7.72. The van der Waals surface area contributed by atoms with Crippen molar-refractivity contribution < 1.29 is 4.42 Å². The first-order chi connectivity index (χ1) is 10.8. The molecule has 0 bridgehead atoms. The quantitative estimate of drug-likeness (QED) is 0.728. The third-order valence-electron chi connectivity index (χ3n) is 4.36. The molecule has 0 aliphatic carbocycles. The van der Waals surface area contributed by atoms with Crippen molar-refractivity contribution in [3.05, 3.63) is 24.2 Å². The highest BCUT2D eigenvalue weighted by molar-refractivity contribution is 5.86. The van der Waals surface area contributed by atoms with Gasteiger partial charge in [0.1, 0.15) is 6.33 Å². The highest BCUT2D eigenvalue weighted by atomic mass is 16.3. The molecule has 6 heteroatoms. The Labute approximate surface area is 128 Å². The SMILES string of the molecule is Cc1ccoc1-c1nc2c(N3CCCCC3)ncnc2n1C. The van der Waals surface area contributed by atoms with Gasteiger partial charge in [-0.3, -0.25) is 0 Å². The van der Waals surface area contributed by atoms with E-state index in [0.29, 0.717) is 0 Å². The predicted octanol–water partition coefficient (Wildman–Crippen LogP) is 2.92. The van der Waals surface area contributed by atoms with E-state index in [4.69, 9.17) is 9.40 Å². The van der Waals surface area contributed by atoms with Gasteiger partial charge in [-0.05, 0) is 37.8 Å². The summed E-state index contributed by atoms with van der Waals surface area (Å²) >= 11 is 0. The molecular weight excluding hydrogens is 278 g/mol. The minimum atomic E-state index is 0.796. The molecule has 0 saturated carbocycles. The maximum absolute atomic E-state index is 5.60. The van der Waals surface area contributed by atoms with Gasteiger partial charge in [0.25, 0.3) is 0 Å². The summed E-state index contributed by atoms with van der Waals surface area (Å²) in [6.45, 7) is 4.10. The summed E-state index contributed by atoms with van der Waals surface area (Å²) in [4.78, 5) is 16.0. The van der Waals surface area contributed by atoms with Gasteiger partial charge in [0, 0.05) is 20.1 Å². The van der Waals surface area contributed by atoms with Crippen LogP contribution in [-0.2, 0) is 7.05 Å². The summed E-state index contributed by atoms with van der Waals surface area (Å²) in [5.41, 5.74) is 2.78. The lowest BCUT2D eigenvalue weighted by molar-refractivity contribution is 0.572. The van der Waals surface area contributed by atoms with Crippen LogP contribution in [0.15, 0.2) is 23.1 Å². The van der Waals surface area contributed by atoms with E-state index in [1.54, 1.807) is 12.6 Å². The summed E-state index contributed by atoms with van der Waals surface area (Å²) in [6, 6.07) is 1.95. The van der Waals surface area contributed by atoms with E-state index in [1.807, 2.05) is 24.6 Å². The van der Waals surface area contributed by atoms with Crippen molar-refractivity contribution >= 4 is 17.0 Å². The first-order valence-electron chi connectivity index (χ1n) is 7.72. The number of piperidine rings is 1. The number of furan rings is 1. The molecule has 0 atom stereocenters. The van der Waals surface area contributed by atoms with Crippen LogP contribution in [0.5, 0.6) is 0 Å². The Bertz CT molecular complexity index is 813. The Hall–Kier alpha value is -2.37. The molecule has 3 aromatic heterocycles. The van der Waals surface area contributed by atoms with E-state index in [0.717, 1.165) is 47.2 Å². The Morgan fingerprint density at radius 2 is 1.95 bits per heavy atom. The number of imidazole rings is 1. The van der Waals surface area contributed by atoms with Gasteiger partial charge in [-0.1, -0.05) is 0 Å². The molecule has 4 rings (SSSR count). The molecule has 0 radical (unpaired) electrons. The minimum Gasteiger partial charge on any atom is -0.461 e. The lowest BCUT2D eigenvalue weighted by Crippen LogP contribution is -2.30. The summed E-state index contributed by atoms with van der Waals surface area (Å²) in [7, 11) is 1.97. The van der Waals surface area contributed by atoms with Crippen LogP contribution in [0, 0.1) is 6.92 Å². The van der Waals surface area contributed by atoms with Crippen molar-refractivity contribution in [2.24, 2.45) is 7.05 Å². The zero-order valence-corrected chi connectivity index (χ0v) is 12.9. The summed E-state index contributed by atoms with van der Waals surface area (Å²) in [6.07, 6.45) is 7.04. The fourth-order valence-electron chi connectivity index (χ4n) is 3.13. The molecule has 1 fully saturated rings. The van der Waals surface area contributed by atoms with Gasteiger partial charge < -0.3 is 13.9 Å². The summed E-state index contributed by atoms with van der Waals surface area (Å²) < 4.78 is 7.58. The summed E-state index contributed by atoms with van der Waals surface area (Å²) in [5, 5.41) is 0. The number of fused-ring (bicyclic) bond motifs is 1. The van der Waals surface area contributed by atoms with Gasteiger partial charge in [-0.2, -0.15) is 0 Å². The van der Waals surface area contributed by atoms with Gasteiger partial charge in [-0.15, -0.1) is 0 Å². The molecule has 0 unspecified atom stereocenters. The normalized spacial score (nSPS) is 15.6. The van der Waals surface area contributed by atoms with Crippen LogP contribution >= 0.6 is 0 Å². The number of hydrogen-bond acceptors (Lipinski definition) is 5. The number of aryl methyl sites for hydroxylation is 2. The zero-order valence-electron chi connectivity index (χ0n) is 12.9. The lowest BCUT2D eigenvalue weighted by atomic mass is 10.1. The van der Waals surface area contributed by atoms with E-state index in [2.05, 4.69) is 14.9 Å². The van der Waals surface area contributed by atoms with Crippen LogP contribution < -0.4 is 4.90 Å². The van der Waals surface area contributed by atoms with Gasteiger partial charge in [-0.25, -0.2) is 15.0 Å². The second kappa shape index (κ2) is 5.12. The molecule has 6 nitrogen and oxygen atoms in total. The molecule has 22 heavy (non-hydrogen) atoms. The van der Waals surface area contributed by atoms with E-state index in [9.17, 15) is 0 Å². The molecule has 0 spiro atoms. The highest BCUT2D eigenvalue weighted by Crippen LogP contribution is 2.30. The van der Waals surface area contributed by atoms with Crippen molar-refractivity contribution in [3.63, 3.8) is 0 Å². The van der Waals surface area contributed by atoms with Crippen LogP contribution in [0.3, 0.4) is 0 Å². The van der Waals surface area contributed by atoms with E-state index < -0.39 is 0 Å². The van der Waals surface area contributed by atoms with Gasteiger partial charge in [0.15, 0.2) is 28.6 Å². The first kappa shape index (κ1) is 13.3. The Balaban J connectivity index is 1.88. The summed E-state index contributed by atoms with van der Waals surface area (Å²) in [5.74, 6) is 2.54. The van der Waals surface area contributed by atoms with Crippen molar-refractivity contribution in [1.82, 2.24) is 19.5 Å². The van der Waals surface area contributed by atoms with Gasteiger partial charge in [0.05, 0.1) is 6.26 Å². The van der Waals surface area contributed by atoms with E-state index in [-0.39, 0.29) is 0 Å². The third-order valence-corrected chi connectivity index (χ3v) is 4.36.